The van der Waals surface area contributed by atoms with Gasteiger partial charge < -0.3 is 4.74 Å². The summed E-state index contributed by atoms with van der Waals surface area (Å²) in [4.78, 5) is 22.3. The number of benzene rings is 1. The van der Waals surface area contributed by atoms with Crippen molar-refractivity contribution in [2.45, 2.75) is 13.3 Å². The van der Waals surface area contributed by atoms with Crippen LogP contribution in [0.1, 0.15) is 22.8 Å². The molecule has 1 aromatic carbocycles. The summed E-state index contributed by atoms with van der Waals surface area (Å²) in [5.41, 5.74) is 1.10. The molecule has 0 aliphatic carbocycles. The third kappa shape index (κ3) is 3.89. The Hall–Kier alpha value is -1.73. The van der Waals surface area contributed by atoms with Gasteiger partial charge in [0.15, 0.2) is 5.78 Å². The molecule has 5 nitrogen and oxygen atoms in total. The van der Waals surface area contributed by atoms with Gasteiger partial charge in [-0.1, -0.05) is 15.9 Å². The van der Waals surface area contributed by atoms with E-state index in [4.69, 9.17) is 4.74 Å². The molecule has 0 unspecified atom stereocenters. The molecule has 2 aromatic rings. The molecule has 0 saturated heterocycles. The highest BCUT2D eigenvalue weighted by Crippen LogP contribution is 2.35. The van der Waals surface area contributed by atoms with Gasteiger partial charge in [-0.2, -0.15) is 11.3 Å². The van der Waals surface area contributed by atoms with E-state index >= 15 is 0 Å². The Kier molecular flexibility index (Phi) is 5.08. The van der Waals surface area contributed by atoms with Gasteiger partial charge in [0.1, 0.15) is 0 Å². The van der Waals surface area contributed by atoms with Crippen molar-refractivity contribution in [3.05, 3.63) is 54.7 Å². The minimum Gasteiger partial charge on any atom is -0.486 e. The van der Waals surface area contributed by atoms with Crippen molar-refractivity contribution in [1.82, 2.24) is 0 Å². The molecule has 0 fully saturated rings. The first-order chi connectivity index (χ1) is 9.99. The van der Waals surface area contributed by atoms with Gasteiger partial charge in [-0.05, 0) is 35.4 Å². The van der Waals surface area contributed by atoms with Crippen LogP contribution in [0.2, 0.25) is 0 Å². The molecule has 0 spiro atoms. The smallest absolute Gasteiger partial charge is 0.312 e. The van der Waals surface area contributed by atoms with E-state index in [0.29, 0.717) is 10.9 Å². The van der Waals surface area contributed by atoms with E-state index < -0.39 is 4.92 Å². The van der Waals surface area contributed by atoms with Gasteiger partial charge >= 0.3 is 5.69 Å². The summed E-state index contributed by atoms with van der Waals surface area (Å²) in [6.07, 6.45) is 0.633. The predicted molar refractivity (Wildman–Crippen MR) is 84.3 cm³/mol. The van der Waals surface area contributed by atoms with Crippen LogP contribution in [0.3, 0.4) is 0 Å². The molecule has 21 heavy (non-hydrogen) atoms. The van der Waals surface area contributed by atoms with Crippen LogP contribution in [-0.2, 0) is 6.42 Å². The Bertz CT molecular complexity index is 635. The lowest BCUT2D eigenvalue weighted by Crippen LogP contribution is -2.07. The summed E-state index contributed by atoms with van der Waals surface area (Å²) in [6.45, 7) is 1.64. The monoisotopic (exact) mass is 369 g/mol. The maximum Gasteiger partial charge on any atom is 0.312 e. The quantitative estimate of drug-likeness (QED) is 0.433. The summed E-state index contributed by atoms with van der Waals surface area (Å²) in [6, 6.07) is 4.84. The summed E-state index contributed by atoms with van der Waals surface area (Å²) in [5.74, 6) is -0.240. The summed E-state index contributed by atoms with van der Waals surface area (Å²) < 4.78 is 6.02. The average Bonchev–Trinajstić information content (AvgIpc) is 2.92. The Labute approximate surface area is 133 Å². The first-order valence-electron chi connectivity index (χ1n) is 6.12. The van der Waals surface area contributed by atoms with Gasteiger partial charge in [-0.3, -0.25) is 14.9 Å². The number of thiophene rings is 1. The van der Waals surface area contributed by atoms with Crippen LogP contribution in [0.4, 0.5) is 5.69 Å². The number of ether oxygens (including phenoxy) is 1. The van der Waals surface area contributed by atoms with E-state index in [1.807, 2.05) is 16.8 Å². The van der Waals surface area contributed by atoms with Crippen LogP contribution in [-0.4, -0.2) is 17.3 Å². The molecule has 0 aliphatic heterocycles. The molecule has 0 atom stereocenters. The Morgan fingerprint density at radius 3 is 2.81 bits per heavy atom. The van der Waals surface area contributed by atoms with E-state index in [9.17, 15) is 14.9 Å². The maximum absolute atomic E-state index is 11.7. The first-order valence-corrected chi connectivity index (χ1v) is 7.85. The number of hydrogen-bond acceptors (Lipinski definition) is 5. The molecule has 0 amide bonds. The van der Waals surface area contributed by atoms with Crippen LogP contribution in [0.15, 0.2) is 33.4 Å². The molecule has 0 aliphatic rings. The topological polar surface area (TPSA) is 69.4 Å². The van der Waals surface area contributed by atoms with Crippen molar-refractivity contribution in [2.75, 3.05) is 6.61 Å². The van der Waals surface area contributed by atoms with Gasteiger partial charge in [0.2, 0.25) is 5.75 Å². The van der Waals surface area contributed by atoms with E-state index in [1.165, 1.54) is 19.1 Å². The predicted octanol–water partition coefficient (Wildman–Crippen LogP) is 4.24. The number of nitro groups is 1. The third-order valence-corrected chi connectivity index (χ3v) is 4.02. The van der Waals surface area contributed by atoms with Crippen molar-refractivity contribution in [3.63, 3.8) is 0 Å². The highest BCUT2D eigenvalue weighted by atomic mass is 79.9. The Morgan fingerprint density at radius 2 is 2.24 bits per heavy atom. The van der Waals surface area contributed by atoms with Gasteiger partial charge in [0.25, 0.3) is 0 Å². The van der Waals surface area contributed by atoms with Gasteiger partial charge in [0.05, 0.1) is 17.1 Å². The van der Waals surface area contributed by atoms with Crippen LogP contribution in [0, 0.1) is 10.1 Å². The second kappa shape index (κ2) is 6.82. The molecule has 1 aromatic heterocycles. The molecule has 1 heterocycles. The fraction of sp³-hybridized carbons (Fsp3) is 0.214. The van der Waals surface area contributed by atoms with E-state index in [0.717, 1.165) is 5.56 Å². The van der Waals surface area contributed by atoms with Gasteiger partial charge in [-0.15, -0.1) is 0 Å². The van der Waals surface area contributed by atoms with Crippen LogP contribution in [0.5, 0.6) is 5.75 Å². The van der Waals surface area contributed by atoms with Crippen molar-refractivity contribution >= 4 is 38.7 Å². The number of Topliss-reactive ketones (excluding diaryl/α,β-unsaturated/α-hetero) is 1. The Morgan fingerprint density at radius 1 is 1.48 bits per heavy atom. The van der Waals surface area contributed by atoms with Gasteiger partial charge in [-0.25, -0.2) is 0 Å². The molecule has 7 heteroatoms. The van der Waals surface area contributed by atoms with Crippen LogP contribution >= 0.6 is 27.3 Å². The van der Waals surface area contributed by atoms with Crippen molar-refractivity contribution in [3.8, 4) is 5.75 Å². The lowest BCUT2D eigenvalue weighted by molar-refractivity contribution is -0.386. The van der Waals surface area contributed by atoms with Crippen molar-refractivity contribution < 1.29 is 14.5 Å². The highest BCUT2D eigenvalue weighted by Gasteiger charge is 2.23. The van der Waals surface area contributed by atoms with Crippen LogP contribution in [0.25, 0.3) is 0 Å². The van der Waals surface area contributed by atoms with Crippen LogP contribution < -0.4 is 4.74 Å². The number of carbonyl (C=O) groups excluding carboxylic acids is 1. The number of halogens is 1. The Balaban J connectivity index is 2.26. The summed E-state index contributed by atoms with van der Waals surface area (Å²) >= 11 is 4.75. The zero-order valence-electron chi connectivity index (χ0n) is 11.2. The minimum atomic E-state index is -0.545. The standard InChI is InChI=1S/C14H12BrNO4S/c1-9(17)12-6-11(15)7-13(16(18)19)14(12)20-4-2-10-3-5-21-8-10/h3,5-8H,2,4H2,1H3. The summed E-state index contributed by atoms with van der Waals surface area (Å²) in [5, 5.41) is 15.1. The number of ketones is 1. The number of nitro benzene ring substituents is 1. The van der Waals surface area contributed by atoms with E-state index in [-0.39, 0.29) is 29.4 Å². The van der Waals surface area contributed by atoms with Crippen molar-refractivity contribution in [2.24, 2.45) is 0 Å². The third-order valence-electron chi connectivity index (χ3n) is 2.83. The molecule has 0 N–H and O–H groups in total. The second-order valence-electron chi connectivity index (χ2n) is 4.34. The molecule has 2 rings (SSSR count). The lowest BCUT2D eigenvalue weighted by atomic mass is 10.1. The van der Waals surface area contributed by atoms with Crippen molar-refractivity contribution in [1.29, 1.82) is 0 Å². The molecule has 0 bridgehead atoms. The molecular weight excluding hydrogens is 358 g/mol. The highest BCUT2D eigenvalue weighted by molar-refractivity contribution is 9.10. The van der Waals surface area contributed by atoms with E-state index in [2.05, 4.69) is 15.9 Å². The number of nitrogens with zero attached hydrogens (tertiary/aromatic N) is 1. The maximum atomic E-state index is 11.7. The number of rotatable bonds is 6. The molecule has 110 valence electrons. The first kappa shape index (κ1) is 15.7. The molecular formula is C14H12BrNO4S. The fourth-order valence-electron chi connectivity index (χ4n) is 1.83. The normalized spacial score (nSPS) is 10.4. The average molecular weight is 370 g/mol. The largest absolute Gasteiger partial charge is 0.486 e. The summed E-state index contributed by atoms with van der Waals surface area (Å²) in [7, 11) is 0. The zero-order valence-corrected chi connectivity index (χ0v) is 13.6. The number of hydrogen-bond donors (Lipinski definition) is 0. The fourth-order valence-corrected chi connectivity index (χ4v) is 2.98. The zero-order chi connectivity index (χ0) is 15.4. The van der Waals surface area contributed by atoms with E-state index in [1.54, 1.807) is 11.3 Å². The number of carbonyl (C=O) groups is 1. The minimum absolute atomic E-state index is 0.0333. The van der Waals surface area contributed by atoms with Gasteiger partial charge in [0, 0.05) is 17.0 Å². The lowest BCUT2D eigenvalue weighted by Gasteiger charge is -2.10. The SMILES string of the molecule is CC(=O)c1cc(Br)cc([N+](=O)[O-])c1OCCc1ccsc1. The second-order valence-corrected chi connectivity index (χ2v) is 6.04. The molecule has 0 saturated carbocycles. The molecule has 0 radical (unpaired) electrons.